The van der Waals surface area contributed by atoms with Gasteiger partial charge in [-0.15, -0.1) is 0 Å². The van der Waals surface area contributed by atoms with Crippen LogP contribution in [0.25, 0.3) is 11.0 Å². The molecule has 0 radical (unpaired) electrons. The molecule has 1 amide bonds. The van der Waals surface area contributed by atoms with E-state index >= 15 is 0 Å². The molecular weight excluding hydrogens is 671 g/mol. The average Bonchev–Trinajstić information content (AvgIpc) is 3.40. The first kappa shape index (κ1) is 28.2. The molecule has 1 saturated heterocycles. The predicted octanol–water partition coefficient (Wildman–Crippen LogP) is 3.04. The van der Waals surface area contributed by atoms with Gasteiger partial charge in [0.25, 0.3) is 0 Å². The molecule has 1 unspecified atom stereocenters. The number of carbonyl (C=O) groups excluding carboxylic acids is 1. The summed E-state index contributed by atoms with van der Waals surface area (Å²) in [6.07, 6.45) is 3.05. The van der Waals surface area contributed by atoms with Crippen LogP contribution in [0.15, 0.2) is 70.3 Å². The fourth-order valence-corrected chi connectivity index (χ4v) is 7.87. The van der Waals surface area contributed by atoms with Crippen molar-refractivity contribution in [3.8, 4) is 11.5 Å². The van der Waals surface area contributed by atoms with E-state index in [1.54, 1.807) is 24.4 Å². The molecule has 4 aromatic rings. The van der Waals surface area contributed by atoms with Gasteiger partial charge >= 0.3 is 211 Å². The van der Waals surface area contributed by atoms with Crippen molar-refractivity contribution in [3.63, 3.8) is 0 Å². The van der Waals surface area contributed by atoms with E-state index in [2.05, 4.69) is 25.9 Å². The molecule has 0 spiro atoms. The molecule has 2 atom stereocenters. The number of hydrogen-bond donors (Lipinski definition) is 2. The first-order valence-corrected chi connectivity index (χ1v) is 16.7. The number of nitrogens with zero attached hydrogens (tertiary/aromatic N) is 2. The van der Waals surface area contributed by atoms with Gasteiger partial charge < -0.3 is 4.98 Å². The molecule has 0 aliphatic carbocycles. The number of benzene rings is 2. The summed E-state index contributed by atoms with van der Waals surface area (Å²) >= 11 is 2.32. The van der Waals surface area contributed by atoms with E-state index in [-0.39, 0.29) is 23.1 Å². The molecule has 1 fully saturated rings. The molecule has 1 aliphatic rings. The summed E-state index contributed by atoms with van der Waals surface area (Å²) in [7, 11) is -4.46. The molecule has 3 heterocycles. The first-order chi connectivity index (χ1) is 19.2. The van der Waals surface area contributed by atoms with Gasteiger partial charge in [-0.2, -0.15) is 0 Å². The molecule has 2 aromatic heterocycles. The van der Waals surface area contributed by atoms with Gasteiger partial charge in [-0.1, -0.05) is 0 Å². The van der Waals surface area contributed by atoms with Crippen molar-refractivity contribution in [2.75, 3.05) is 19.8 Å². The maximum atomic E-state index is 13.1. The summed E-state index contributed by atoms with van der Waals surface area (Å²) in [4.78, 5) is 31.1. The molecule has 2 aromatic carbocycles. The Bertz CT molecular complexity index is 1690. The molecule has 12 nitrogen and oxygen atoms in total. The van der Waals surface area contributed by atoms with Crippen molar-refractivity contribution in [2.24, 2.45) is 0 Å². The van der Waals surface area contributed by atoms with Crippen LogP contribution in [0.3, 0.4) is 0 Å². The number of rotatable bonds is 9. The average molecular weight is 693 g/mol. The molecule has 208 valence electrons. The van der Waals surface area contributed by atoms with Crippen LogP contribution in [0.1, 0.15) is 10.4 Å². The molecular formula is C25H22AsBrN4O8S. The molecule has 40 heavy (non-hydrogen) atoms. The van der Waals surface area contributed by atoms with E-state index < -0.39 is 41.5 Å². The number of aromatic nitrogens is 2. The zero-order valence-electron chi connectivity index (χ0n) is 20.6. The van der Waals surface area contributed by atoms with Crippen LogP contribution in [0, 0.1) is 10.1 Å². The number of carbonyl (C=O) groups is 1. The summed E-state index contributed by atoms with van der Waals surface area (Å²) in [6.45, 7) is 1.41. The summed E-state index contributed by atoms with van der Waals surface area (Å²) in [6, 6.07) is 11.7. The van der Waals surface area contributed by atoms with Crippen LogP contribution in [0.2, 0.25) is 5.21 Å². The number of aromatic amines is 1. The zero-order chi connectivity index (χ0) is 28.3. The SMILES string of the molecule is O=C(NS(=O)(=O)c1ccc([AsH]C[C@@H]2COCCO2)c([N+](=O)[O-])c1)c1ccc(Br)cc1Oc1cnc2[nH]ccc2c1. The monoisotopic (exact) mass is 692 g/mol. The Morgan fingerprint density at radius 2 is 2.08 bits per heavy atom. The number of sulfonamides is 1. The van der Waals surface area contributed by atoms with Crippen molar-refractivity contribution in [1.82, 2.24) is 14.7 Å². The normalized spacial score (nSPS) is 15.9. The second-order valence-corrected chi connectivity index (χ2v) is 14.0. The Morgan fingerprint density at radius 3 is 2.85 bits per heavy atom. The number of fused-ring (bicyclic) bond motifs is 1. The second kappa shape index (κ2) is 12.1. The number of amides is 1. The number of H-pyrrole nitrogens is 1. The Labute approximate surface area is 243 Å². The van der Waals surface area contributed by atoms with Gasteiger partial charge in [0.15, 0.2) is 0 Å². The van der Waals surface area contributed by atoms with E-state index in [1.165, 1.54) is 30.5 Å². The smallest absolute Gasteiger partial charge is 0.346 e. The quantitative estimate of drug-likeness (QED) is 0.153. The van der Waals surface area contributed by atoms with Gasteiger partial charge in [0.05, 0.1) is 0 Å². The summed E-state index contributed by atoms with van der Waals surface area (Å²) in [5.74, 6) is -0.547. The molecule has 0 saturated carbocycles. The van der Waals surface area contributed by atoms with E-state index in [0.717, 1.165) is 11.5 Å². The number of halogens is 1. The van der Waals surface area contributed by atoms with Crippen LogP contribution < -0.4 is 13.8 Å². The number of pyridine rings is 1. The summed E-state index contributed by atoms with van der Waals surface area (Å²) < 4.78 is 46.2. The fourth-order valence-electron chi connectivity index (χ4n) is 3.96. The Hall–Kier alpha value is -3.29. The van der Waals surface area contributed by atoms with Crippen LogP contribution in [-0.4, -0.2) is 70.9 Å². The van der Waals surface area contributed by atoms with E-state index in [1.807, 2.05) is 4.72 Å². The minimum absolute atomic E-state index is 0.0616. The van der Waals surface area contributed by atoms with Crippen LogP contribution >= 0.6 is 15.9 Å². The van der Waals surface area contributed by atoms with Gasteiger partial charge in [-0.25, -0.2) is 4.98 Å². The third-order valence-electron chi connectivity index (χ3n) is 5.90. The molecule has 2 N–H and O–H groups in total. The van der Waals surface area contributed by atoms with Gasteiger partial charge in [-0.3, -0.25) is 0 Å². The Morgan fingerprint density at radius 1 is 1.23 bits per heavy atom. The third-order valence-corrected chi connectivity index (χ3v) is 10.8. The fraction of sp³-hybridized carbons (Fsp3) is 0.200. The van der Waals surface area contributed by atoms with Crippen molar-refractivity contribution in [1.29, 1.82) is 0 Å². The number of nitro benzene ring substituents is 1. The van der Waals surface area contributed by atoms with E-state index in [4.69, 9.17) is 14.2 Å². The minimum atomic E-state index is -4.46. The maximum absolute atomic E-state index is 13.1. The van der Waals surface area contributed by atoms with Crippen LogP contribution in [0.5, 0.6) is 11.5 Å². The number of hydrogen-bond acceptors (Lipinski definition) is 9. The van der Waals surface area contributed by atoms with Crippen LogP contribution in [0.4, 0.5) is 5.69 Å². The van der Waals surface area contributed by atoms with E-state index in [0.29, 0.717) is 45.2 Å². The van der Waals surface area contributed by atoms with Gasteiger partial charge in [0, 0.05) is 11.6 Å². The molecule has 15 heteroatoms. The molecule has 0 bridgehead atoms. The van der Waals surface area contributed by atoms with Crippen LogP contribution in [-0.2, 0) is 19.5 Å². The van der Waals surface area contributed by atoms with Crippen molar-refractivity contribution >= 4 is 68.7 Å². The minimum Gasteiger partial charge on any atom is -0.346 e. The Balaban J connectivity index is 1.35. The predicted molar refractivity (Wildman–Crippen MR) is 150 cm³/mol. The Kier molecular flexibility index (Phi) is 8.52. The summed E-state index contributed by atoms with van der Waals surface area (Å²) in [5, 5.41) is 13.2. The van der Waals surface area contributed by atoms with Gasteiger partial charge in [-0.05, 0) is 6.07 Å². The van der Waals surface area contributed by atoms with Crippen molar-refractivity contribution < 1.29 is 32.3 Å². The number of ether oxygens (including phenoxy) is 3. The first-order valence-electron chi connectivity index (χ1n) is 11.9. The summed E-state index contributed by atoms with van der Waals surface area (Å²) in [5.41, 5.74) is 0.283. The molecule has 5 rings (SSSR count). The number of nitrogens with one attached hydrogen (secondary N) is 2. The van der Waals surface area contributed by atoms with Gasteiger partial charge in [0.1, 0.15) is 5.65 Å². The second-order valence-electron chi connectivity index (χ2n) is 8.65. The van der Waals surface area contributed by atoms with Crippen molar-refractivity contribution in [3.05, 3.63) is 81.1 Å². The third kappa shape index (κ3) is 6.53. The van der Waals surface area contributed by atoms with Crippen molar-refractivity contribution in [2.45, 2.75) is 16.2 Å². The topological polar surface area (TPSA) is 163 Å². The van der Waals surface area contributed by atoms with E-state index in [9.17, 15) is 23.3 Å². The zero-order valence-corrected chi connectivity index (χ0v) is 25.1. The standard InChI is InChI=1S/C25H22AsBrN4O8S/c27-16-1-3-20(23(10-16)39-17-9-15-5-6-28-24(15)29-13-17)25(32)30-40(35,36)19-2-4-21(22(11-19)31(33)34)26-12-18-14-37-7-8-38-18/h1-6,9-11,13,18,26H,7-8,12,14H2,(H,28,29)(H,30,32)/t18-/m1/s1. The number of nitro groups is 1. The van der Waals surface area contributed by atoms with Gasteiger partial charge in [0.2, 0.25) is 0 Å². The molecule has 1 aliphatic heterocycles.